The summed E-state index contributed by atoms with van der Waals surface area (Å²) in [4.78, 5) is 0. The highest BCUT2D eigenvalue weighted by Crippen LogP contribution is 2.37. The topological polar surface area (TPSA) is 12.0 Å². The van der Waals surface area contributed by atoms with Crippen LogP contribution in [-0.2, 0) is 6.18 Å². The molecule has 21 heavy (non-hydrogen) atoms. The number of hydrogen-bond acceptors (Lipinski definition) is 1. The summed E-state index contributed by atoms with van der Waals surface area (Å²) < 4.78 is 38.6. The van der Waals surface area contributed by atoms with Crippen LogP contribution < -0.4 is 5.32 Å². The summed E-state index contributed by atoms with van der Waals surface area (Å²) in [6.07, 6.45) is -0.0544. The first-order chi connectivity index (χ1) is 9.77. The zero-order valence-corrected chi connectivity index (χ0v) is 13.1. The molecule has 1 N–H and O–H groups in total. The number of benzene rings is 1. The number of hydrogen-bond donors (Lipinski definition) is 1. The average molecular weight is 320 g/mol. The van der Waals surface area contributed by atoms with Crippen molar-refractivity contribution in [3.63, 3.8) is 0 Å². The third kappa shape index (κ3) is 4.29. The van der Waals surface area contributed by atoms with Crippen molar-refractivity contribution in [3.8, 4) is 0 Å². The number of nitrogens with one attached hydrogen (secondary N) is 1. The summed E-state index contributed by atoms with van der Waals surface area (Å²) in [6.45, 7) is 4.41. The van der Waals surface area contributed by atoms with Crippen molar-refractivity contribution in [2.45, 2.75) is 51.7 Å². The quantitative estimate of drug-likeness (QED) is 0.722. The molecule has 0 amide bonds. The average Bonchev–Trinajstić information content (AvgIpc) is 2.40. The van der Waals surface area contributed by atoms with Crippen molar-refractivity contribution in [3.05, 3.63) is 28.8 Å². The summed E-state index contributed by atoms with van der Waals surface area (Å²) in [5.41, 5.74) is -0.272. The van der Waals surface area contributed by atoms with Gasteiger partial charge in [0.15, 0.2) is 0 Å². The van der Waals surface area contributed by atoms with Crippen LogP contribution in [0.2, 0.25) is 5.02 Å². The lowest BCUT2D eigenvalue weighted by Gasteiger charge is -2.32. The molecule has 1 aromatic rings. The highest BCUT2D eigenvalue weighted by atomic mass is 35.5. The second-order valence-corrected chi connectivity index (χ2v) is 6.61. The third-order valence-electron chi connectivity index (χ3n) is 4.30. The molecule has 5 heteroatoms. The maximum Gasteiger partial charge on any atom is 0.417 e. The van der Waals surface area contributed by atoms with E-state index >= 15 is 0 Å². The van der Waals surface area contributed by atoms with Crippen LogP contribution in [0.25, 0.3) is 0 Å². The molecule has 0 aromatic heterocycles. The Morgan fingerprint density at radius 3 is 2.57 bits per heavy atom. The van der Waals surface area contributed by atoms with Crippen LogP contribution in [-0.4, -0.2) is 6.04 Å². The molecule has 0 heterocycles. The Morgan fingerprint density at radius 1 is 1.24 bits per heavy atom. The third-order valence-corrected chi connectivity index (χ3v) is 4.63. The van der Waals surface area contributed by atoms with Gasteiger partial charge in [0.2, 0.25) is 0 Å². The maximum absolute atomic E-state index is 12.9. The van der Waals surface area contributed by atoms with Crippen LogP contribution in [0.3, 0.4) is 0 Å². The lowest BCUT2D eigenvalue weighted by Crippen LogP contribution is -2.29. The van der Waals surface area contributed by atoms with Gasteiger partial charge in [-0.25, -0.2) is 0 Å². The Labute approximate surface area is 128 Å². The van der Waals surface area contributed by atoms with Gasteiger partial charge in [-0.3, -0.25) is 0 Å². The molecule has 1 aromatic carbocycles. The van der Waals surface area contributed by atoms with Gasteiger partial charge in [-0.05, 0) is 42.9 Å². The van der Waals surface area contributed by atoms with Gasteiger partial charge in [0.05, 0.1) is 10.6 Å². The molecule has 0 bridgehead atoms. The van der Waals surface area contributed by atoms with E-state index in [1.165, 1.54) is 12.5 Å². The van der Waals surface area contributed by atoms with Crippen LogP contribution in [0.5, 0.6) is 0 Å². The summed E-state index contributed by atoms with van der Waals surface area (Å²) in [6, 6.07) is 4.29. The molecule has 118 valence electrons. The van der Waals surface area contributed by atoms with E-state index in [0.29, 0.717) is 17.5 Å². The molecular formula is C16H21ClF3N. The van der Waals surface area contributed by atoms with Gasteiger partial charge in [-0.1, -0.05) is 38.3 Å². The first kappa shape index (κ1) is 16.5. The van der Waals surface area contributed by atoms with E-state index in [-0.39, 0.29) is 11.1 Å². The number of alkyl halides is 3. The van der Waals surface area contributed by atoms with Crippen LogP contribution in [0.4, 0.5) is 18.9 Å². The van der Waals surface area contributed by atoms with Gasteiger partial charge in [-0.2, -0.15) is 13.2 Å². The van der Waals surface area contributed by atoms with Gasteiger partial charge in [-0.15, -0.1) is 0 Å². The fraction of sp³-hybridized carbons (Fsp3) is 0.625. The van der Waals surface area contributed by atoms with E-state index in [0.717, 1.165) is 25.3 Å². The second-order valence-electron chi connectivity index (χ2n) is 6.20. The number of rotatable bonds is 3. The van der Waals surface area contributed by atoms with Crippen LogP contribution in [0.15, 0.2) is 18.2 Å². The number of anilines is 1. The van der Waals surface area contributed by atoms with Gasteiger partial charge >= 0.3 is 6.18 Å². The zero-order valence-electron chi connectivity index (χ0n) is 12.3. The van der Waals surface area contributed by atoms with Crippen molar-refractivity contribution in [1.29, 1.82) is 0 Å². The Balaban J connectivity index is 2.09. The Hall–Kier alpha value is -0.900. The molecule has 1 nitrogen and oxygen atoms in total. The Morgan fingerprint density at radius 2 is 1.95 bits per heavy atom. The van der Waals surface area contributed by atoms with Gasteiger partial charge in [0.1, 0.15) is 0 Å². The normalized spacial score (nSPS) is 23.4. The SMILES string of the molecule is CC(C)C1CCCC(Nc2ccc(Cl)c(C(F)(F)F)c2)C1. The van der Waals surface area contributed by atoms with E-state index in [4.69, 9.17) is 11.6 Å². The lowest BCUT2D eigenvalue weighted by molar-refractivity contribution is -0.137. The van der Waals surface area contributed by atoms with E-state index in [1.54, 1.807) is 6.07 Å². The molecule has 1 fully saturated rings. The molecule has 0 radical (unpaired) electrons. The summed E-state index contributed by atoms with van der Waals surface area (Å²) in [7, 11) is 0. The zero-order chi connectivity index (χ0) is 15.6. The molecule has 1 aliphatic carbocycles. The largest absolute Gasteiger partial charge is 0.417 e. The fourth-order valence-electron chi connectivity index (χ4n) is 3.03. The van der Waals surface area contributed by atoms with Gasteiger partial charge in [0.25, 0.3) is 0 Å². The molecular weight excluding hydrogens is 299 g/mol. The predicted octanol–water partition coefficient (Wildman–Crippen LogP) is 5.99. The van der Waals surface area contributed by atoms with E-state index in [1.807, 2.05) is 0 Å². The van der Waals surface area contributed by atoms with Crippen LogP contribution in [0.1, 0.15) is 45.1 Å². The number of halogens is 4. The predicted molar refractivity (Wildman–Crippen MR) is 80.7 cm³/mol. The Kier molecular flexibility index (Phi) is 5.07. The van der Waals surface area contributed by atoms with Crippen molar-refractivity contribution >= 4 is 17.3 Å². The van der Waals surface area contributed by atoms with Crippen molar-refractivity contribution in [1.82, 2.24) is 0 Å². The first-order valence-corrected chi connectivity index (χ1v) is 7.78. The minimum atomic E-state index is -4.41. The standard InChI is InChI=1S/C16H21ClF3N/c1-10(2)11-4-3-5-12(8-11)21-13-6-7-15(17)14(9-13)16(18,19)20/h6-7,9-12,21H,3-5,8H2,1-2H3. The first-order valence-electron chi connectivity index (χ1n) is 7.40. The van der Waals surface area contributed by atoms with Crippen molar-refractivity contribution in [2.75, 3.05) is 5.32 Å². The molecule has 2 unspecified atom stereocenters. The second kappa shape index (κ2) is 6.47. The lowest BCUT2D eigenvalue weighted by atomic mass is 9.79. The maximum atomic E-state index is 12.9. The van der Waals surface area contributed by atoms with Crippen molar-refractivity contribution < 1.29 is 13.2 Å². The van der Waals surface area contributed by atoms with E-state index in [9.17, 15) is 13.2 Å². The molecule has 1 saturated carbocycles. The highest BCUT2D eigenvalue weighted by molar-refractivity contribution is 6.31. The smallest absolute Gasteiger partial charge is 0.382 e. The fourth-order valence-corrected chi connectivity index (χ4v) is 3.26. The van der Waals surface area contributed by atoms with Crippen molar-refractivity contribution in [2.24, 2.45) is 11.8 Å². The minimum Gasteiger partial charge on any atom is -0.382 e. The van der Waals surface area contributed by atoms with E-state index in [2.05, 4.69) is 19.2 Å². The molecule has 2 atom stereocenters. The Bertz CT molecular complexity index is 485. The highest BCUT2D eigenvalue weighted by Gasteiger charge is 2.33. The molecule has 2 rings (SSSR count). The van der Waals surface area contributed by atoms with Crippen LogP contribution >= 0.6 is 11.6 Å². The minimum absolute atomic E-state index is 0.244. The molecule has 0 aliphatic heterocycles. The van der Waals surface area contributed by atoms with Gasteiger partial charge in [0, 0.05) is 11.7 Å². The molecule has 0 saturated heterocycles. The molecule has 0 spiro atoms. The van der Waals surface area contributed by atoms with Gasteiger partial charge < -0.3 is 5.32 Å². The monoisotopic (exact) mass is 319 g/mol. The van der Waals surface area contributed by atoms with E-state index < -0.39 is 11.7 Å². The summed E-state index contributed by atoms with van der Waals surface area (Å²) >= 11 is 5.64. The molecule has 1 aliphatic rings. The van der Waals surface area contributed by atoms with Crippen LogP contribution in [0, 0.1) is 11.8 Å². The summed E-state index contributed by atoms with van der Waals surface area (Å²) in [5.74, 6) is 1.26. The summed E-state index contributed by atoms with van der Waals surface area (Å²) in [5, 5.41) is 2.99.